The van der Waals surface area contributed by atoms with E-state index in [0.29, 0.717) is 42.8 Å². The molecule has 67 heavy (non-hydrogen) atoms. The molecule has 0 bridgehead atoms. The molecular weight excluding hydrogens is 901 g/mol. The van der Waals surface area contributed by atoms with Gasteiger partial charge in [0.15, 0.2) is 11.7 Å². The number of hydrogen-bond acceptors (Lipinski definition) is 13. The predicted molar refractivity (Wildman–Crippen MR) is 256 cm³/mol. The number of esters is 3. The number of likely N-dealkylation sites (tertiary alicyclic amines) is 1. The molecule has 1 saturated carbocycles. The summed E-state index contributed by atoms with van der Waals surface area (Å²) in [6.07, 6.45) is 4.44. The van der Waals surface area contributed by atoms with Crippen molar-refractivity contribution < 1.29 is 47.7 Å². The van der Waals surface area contributed by atoms with Gasteiger partial charge in [-0.1, -0.05) is 53.5 Å². The summed E-state index contributed by atoms with van der Waals surface area (Å²) in [7, 11) is 0. The topological polar surface area (TPSA) is 176 Å². The van der Waals surface area contributed by atoms with Crippen molar-refractivity contribution in [1.29, 1.82) is 0 Å². The summed E-state index contributed by atoms with van der Waals surface area (Å²) >= 11 is 13.3. The number of rotatable bonds is 12. The van der Waals surface area contributed by atoms with E-state index in [1.165, 1.54) is 11.1 Å². The van der Waals surface area contributed by atoms with Crippen LogP contribution >= 0.6 is 23.2 Å². The molecule has 1 saturated heterocycles. The third-order valence-electron chi connectivity index (χ3n) is 10.5. The summed E-state index contributed by atoms with van der Waals surface area (Å²) < 4.78 is 29.0. The number of anilines is 1. The van der Waals surface area contributed by atoms with E-state index in [-0.39, 0.29) is 40.2 Å². The van der Waals surface area contributed by atoms with Gasteiger partial charge >= 0.3 is 30.1 Å². The van der Waals surface area contributed by atoms with Crippen LogP contribution in [0.1, 0.15) is 144 Å². The van der Waals surface area contributed by atoms with E-state index in [2.05, 4.69) is 10.3 Å². The van der Waals surface area contributed by atoms with Gasteiger partial charge in [-0.25, -0.2) is 19.4 Å². The number of nitrogens with zero attached hydrogens (tertiary/aromatic N) is 4. The van der Waals surface area contributed by atoms with Gasteiger partial charge in [-0.2, -0.15) is 0 Å². The number of ether oxygens (including phenoxy) is 5. The van der Waals surface area contributed by atoms with E-state index in [9.17, 15) is 24.0 Å². The van der Waals surface area contributed by atoms with Gasteiger partial charge in [-0.3, -0.25) is 24.4 Å². The van der Waals surface area contributed by atoms with Gasteiger partial charge in [0, 0.05) is 40.3 Å². The van der Waals surface area contributed by atoms with Crippen LogP contribution in [0.3, 0.4) is 0 Å². The van der Waals surface area contributed by atoms with Crippen LogP contribution in [-0.4, -0.2) is 92.1 Å². The third kappa shape index (κ3) is 15.5. The van der Waals surface area contributed by atoms with Gasteiger partial charge in [0.2, 0.25) is 0 Å². The Morgan fingerprint density at radius 2 is 1.31 bits per heavy atom. The van der Waals surface area contributed by atoms with E-state index in [1.54, 1.807) is 101 Å². The number of hydrogen-bond donors (Lipinski definition) is 1. The van der Waals surface area contributed by atoms with E-state index in [0.717, 1.165) is 36.1 Å². The van der Waals surface area contributed by atoms with Crippen LogP contribution in [0.5, 0.6) is 0 Å². The summed E-state index contributed by atoms with van der Waals surface area (Å²) in [5.74, 6) is -4.31. The second-order valence-electron chi connectivity index (χ2n) is 21.1. The third-order valence-corrected chi connectivity index (χ3v) is 11.2. The van der Waals surface area contributed by atoms with Gasteiger partial charge in [0.05, 0.1) is 18.4 Å². The zero-order chi connectivity index (χ0) is 49.6. The lowest BCUT2D eigenvalue weighted by Gasteiger charge is -2.39. The Labute approximate surface area is 404 Å². The van der Waals surface area contributed by atoms with Gasteiger partial charge in [-0.15, -0.1) is 0 Å². The minimum Gasteiger partial charge on any atom is -0.461 e. The molecule has 1 aliphatic heterocycles. The molecule has 2 heterocycles. The first kappa shape index (κ1) is 53.0. The molecular formula is C50H67Cl2N5O10. The Kier molecular flexibility index (Phi) is 17.0. The highest BCUT2D eigenvalue weighted by molar-refractivity contribution is 6.36. The summed E-state index contributed by atoms with van der Waals surface area (Å²) in [6.45, 7) is 20.9. The van der Waals surface area contributed by atoms with Crippen LogP contribution in [0, 0.1) is 0 Å². The maximum absolute atomic E-state index is 14.4. The van der Waals surface area contributed by atoms with E-state index >= 15 is 0 Å². The van der Waals surface area contributed by atoms with Crippen LogP contribution in [0.2, 0.25) is 10.0 Å². The molecule has 0 radical (unpaired) electrons. The molecule has 1 N–H and O–H groups in total. The molecule has 2 aromatic carbocycles. The van der Waals surface area contributed by atoms with Crippen molar-refractivity contribution in [2.75, 3.05) is 11.4 Å². The highest BCUT2D eigenvalue weighted by Gasteiger charge is 2.43. The number of halogens is 2. The smallest absolute Gasteiger partial charge is 0.416 e. The van der Waals surface area contributed by atoms with Gasteiger partial charge in [0.25, 0.3) is 0 Å². The lowest BCUT2D eigenvalue weighted by Crippen LogP contribution is -2.55. The summed E-state index contributed by atoms with van der Waals surface area (Å²) in [5, 5.41) is 4.06. The van der Waals surface area contributed by atoms with Crippen LogP contribution in [0.15, 0.2) is 48.7 Å². The van der Waals surface area contributed by atoms with Crippen molar-refractivity contribution in [3.63, 3.8) is 0 Å². The standard InChI is InChI=1S/C50H67Cl2N5O10/c1-47(2,3)64-43(59)39(44(60)65-48(4,5)6)40-41(57(46(62)67-50(10,11)12)29-34-35(51)18-15-19-36(34)52)55-37(28-54-40)31-22-20-30(21-23-31)27-53-32-24-25-56(45(61)66-49(7,8)9)38(26-32)42(58)63-33-16-13-14-17-33/h15,18-23,28,32-33,38-39,53H,13-14,16-17,24-27,29H2,1-12H3/t32?,38-/m1/s1. The quantitative estimate of drug-likeness (QED) is 0.103. The molecule has 1 aliphatic carbocycles. The molecule has 17 heteroatoms. The van der Waals surface area contributed by atoms with Gasteiger partial charge in [-0.05, 0) is 139 Å². The summed E-state index contributed by atoms with van der Waals surface area (Å²) in [6, 6.07) is 11.5. The summed E-state index contributed by atoms with van der Waals surface area (Å²) in [4.78, 5) is 81.6. The molecule has 2 fully saturated rings. The Balaban J connectivity index is 1.50. The minimum atomic E-state index is -1.78. The van der Waals surface area contributed by atoms with E-state index < -0.39 is 64.5 Å². The molecule has 366 valence electrons. The zero-order valence-electron chi connectivity index (χ0n) is 40.9. The molecule has 1 unspecified atom stereocenters. The Hall–Kier alpha value is -4.99. The van der Waals surface area contributed by atoms with Crippen molar-refractivity contribution in [3.05, 3.63) is 75.5 Å². The highest BCUT2D eigenvalue weighted by atomic mass is 35.5. The van der Waals surface area contributed by atoms with Crippen LogP contribution < -0.4 is 10.2 Å². The Morgan fingerprint density at radius 3 is 1.85 bits per heavy atom. The summed E-state index contributed by atoms with van der Waals surface area (Å²) in [5.41, 5.74) is -1.81. The van der Waals surface area contributed by atoms with E-state index in [4.69, 9.17) is 51.9 Å². The molecule has 3 aromatic rings. The number of amides is 2. The zero-order valence-corrected chi connectivity index (χ0v) is 42.4. The second kappa shape index (κ2) is 21.5. The average molecular weight is 969 g/mol. The monoisotopic (exact) mass is 967 g/mol. The number of nitrogens with one attached hydrogen (secondary N) is 1. The second-order valence-corrected chi connectivity index (χ2v) is 21.9. The molecule has 2 aliphatic rings. The Morgan fingerprint density at radius 1 is 0.761 bits per heavy atom. The van der Waals surface area contributed by atoms with Crippen molar-refractivity contribution in [2.45, 2.75) is 181 Å². The van der Waals surface area contributed by atoms with Crippen LogP contribution in [-0.2, 0) is 51.2 Å². The number of aromatic nitrogens is 2. The van der Waals surface area contributed by atoms with E-state index in [1.807, 2.05) is 24.3 Å². The van der Waals surface area contributed by atoms with Crippen molar-refractivity contribution in [2.24, 2.45) is 0 Å². The highest BCUT2D eigenvalue weighted by Crippen LogP contribution is 2.36. The fourth-order valence-corrected chi connectivity index (χ4v) is 8.09. The van der Waals surface area contributed by atoms with Gasteiger partial charge in [0.1, 0.15) is 40.2 Å². The Bertz CT molecular complexity index is 2210. The van der Waals surface area contributed by atoms with Crippen molar-refractivity contribution in [1.82, 2.24) is 20.2 Å². The first-order chi connectivity index (χ1) is 31.1. The number of carbonyl (C=O) groups is 5. The van der Waals surface area contributed by atoms with Crippen molar-refractivity contribution in [3.8, 4) is 11.3 Å². The number of benzene rings is 2. The predicted octanol–water partition coefficient (Wildman–Crippen LogP) is 10.5. The first-order valence-corrected chi connectivity index (χ1v) is 23.6. The molecule has 5 rings (SSSR count). The van der Waals surface area contributed by atoms with Gasteiger partial charge < -0.3 is 29.0 Å². The average Bonchev–Trinajstić information content (AvgIpc) is 3.71. The molecule has 1 aromatic heterocycles. The maximum Gasteiger partial charge on any atom is 0.416 e. The number of piperidine rings is 1. The van der Waals surface area contributed by atoms with Crippen LogP contribution in [0.4, 0.5) is 15.4 Å². The molecule has 0 spiro atoms. The minimum absolute atomic E-state index is 0.103. The fraction of sp³-hybridized carbons (Fsp3) is 0.580. The lowest BCUT2D eigenvalue weighted by atomic mass is 9.97. The normalized spacial score (nSPS) is 17.2. The fourth-order valence-electron chi connectivity index (χ4n) is 7.57. The largest absolute Gasteiger partial charge is 0.461 e. The molecule has 2 atom stereocenters. The van der Waals surface area contributed by atoms with Crippen LogP contribution in [0.25, 0.3) is 11.3 Å². The lowest BCUT2D eigenvalue weighted by molar-refractivity contribution is -0.169. The van der Waals surface area contributed by atoms with Crippen molar-refractivity contribution >= 4 is 59.1 Å². The number of carbonyl (C=O) groups excluding carboxylic acids is 5. The SMILES string of the molecule is CC(C)(C)OC(=O)C(C(=O)OC(C)(C)C)c1ncc(-c2ccc(CNC3CCN(C(=O)OC(C)(C)C)[C@@H](C(=O)OC4CCCC4)C3)cc2)nc1N(Cc1c(Cl)cccc1Cl)C(=O)OC(C)(C)C. The maximum atomic E-state index is 14.4. The molecule has 2 amide bonds. The first-order valence-electron chi connectivity index (χ1n) is 22.9. The molecule has 15 nitrogen and oxygen atoms in total.